The van der Waals surface area contributed by atoms with Crippen molar-refractivity contribution in [3.8, 4) is 0 Å². The van der Waals surface area contributed by atoms with Gasteiger partial charge < -0.3 is 10.3 Å². The first-order valence-corrected chi connectivity index (χ1v) is 8.28. The van der Waals surface area contributed by atoms with Crippen LogP contribution in [0.3, 0.4) is 0 Å². The van der Waals surface area contributed by atoms with Crippen molar-refractivity contribution in [3.63, 3.8) is 0 Å². The fourth-order valence-corrected chi connectivity index (χ4v) is 2.92. The van der Waals surface area contributed by atoms with Gasteiger partial charge in [0.2, 0.25) is 0 Å². The van der Waals surface area contributed by atoms with Crippen molar-refractivity contribution in [1.29, 1.82) is 0 Å². The van der Waals surface area contributed by atoms with E-state index in [-0.39, 0.29) is 0 Å². The normalized spacial score (nSPS) is 11.3. The SMILES string of the molecule is CC(C)Cc1nc2ccccc2n1Cc1ccc(C(N)=S)cc1. The average molecular weight is 323 g/mol. The lowest BCUT2D eigenvalue weighted by atomic mass is 10.1. The third-order valence-electron chi connectivity index (χ3n) is 3.90. The molecule has 2 aromatic carbocycles. The predicted molar refractivity (Wildman–Crippen MR) is 99.7 cm³/mol. The summed E-state index contributed by atoms with van der Waals surface area (Å²) in [6, 6.07) is 16.5. The number of nitrogens with zero attached hydrogens (tertiary/aromatic N) is 2. The van der Waals surface area contributed by atoms with Gasteiger partial charge in [-0.2, -0.15) is 0 Å². The molecule has 23 heavy (non-hydrogen) atoms. The Balaban J connectivity index is 1.98. The van der Waals surface area contributed by atoms with Crippen LogP contribution in [0.4, 0.5) is 0 Å². The second-order valence-electron chi connectivity index (χ2n) is 6.26. The molecule has 3 aromatic rings. The third kappa shape index (κ3) is 3.42. The molecule has 118 valence electrons. The molecule has 3 nitrogen and oxygen atoms in total. The molecule has 0 fully saturated rings. The molecule has 0 saturated carbocycles. The Labute approximate surface area is 142 Å². The van der Waals surface area contributed by atoms with E-state index in [0.717, 1.165) is 29.9 Å². The van der Waals surface area contributed by atoms with Gasteiger partial charge in [0, 0.05) is 18.5 Å². The number of nitrogens with two attached hydrogens (primary N) is 1. The fourth-order valence-electron chi connectivity index (χ4n) is 2.78. The van der Waals surface area contributed by atoms with Gasteiger partial charge in [0.1, 0.15) is 10.8 Å². The minimum absolute atomic E-state index is 0.435. The molecule has 0 aliphatic carbocycles. The van der Waals surface area contributed by atoms with Gasteiger partial charge >= 0.3 is 0 Å². The number of hydrogen-bond acceptors (Lipinski definition) is 2. The zero-order chi connectivity index (χ0) is 16.4. The van der Waals surface area contributed by atoms with Crippen LogP contribution in [-0.2, 0) is 13.0 Å². The molecule has 4 heteroatoms. The number of hydrogen-bond donors (Lipinski definition) is 1. The summed E-state index contributed by atoms with van der Waals surface area (Å²) in [5.74, 6) is 1.71. The van der Waals surface area contributed by atoms with Crippen molar-refractivity contribution in [1.82, 2.24) is 9.55 Å². The summed E-state index contributed by atoms with van der Waals surface area (Å²) >= 11 is 5.02. The maximum Gasteiger partial charge on any atom is 0.110 e. The van der Waals surface area contributed by atoms with E-state index in [1.807, 2.05) is 18.2 Å². The monoisotopic (exact) mass is 323 g/mol. The van der Waals surface area contributed by atoms with Crippen LogP contribution in [0, 0.1) is 5.92 Å². The maximum atomic E-state index is 5.67. The molecule has 0 atom stereocenters. The Kier molecular flexibility index (Phi) is 4.44. The van der Waals surface area contributed by atoms with E-state index in [0.29, 0.717) is 10.9 Å². The fraction of sp³-hybridized carbons (Fsp3) is 0.263. The summed E-state index contributed by atoms with van der Waals surface area (Å²) in [7, 11) is 0. The molecule has 0 radical (unpaired) electrons. The first-order valence-electron chi connectivity index (χ1n) is 7.87. The van der Waals surface area contributed by atoms with E-state index in [1.165, 1.54) is 11.1 Å². The first-order chi connectivity index (χ1) is 11.0. The van der Waals surface area contributed by atoms with E-state index in [9.17, 15) is 0 Å². The van der Waals surface area contributed by atoms with Crippen molar-refractivity contribution < 1.29 is 0 Å². The van der Waals surface area contributed by atoms with Crippen molar-refractivity contribution in [3.05, 3.63) is 65.5 Å². The van der Waals surface area contributed by atoms with E-state index >= 15 is 0 Å². The molecule has 0 unspecified atom stereocenters. The Morgan fingerprint density at radius 3 is 2.48 bits per heavy atom. The van der Waals surface area contributed by atoms with Crippen LogP contribution in [0.5, 0.6) is 0 Å². The highest BCUT2D eigenvalue weighted by Crippen LogP contribution is 2.20. The number of aromatic nitrogens is 2. The lowest BCUT2D eigenvalue weighted by molar-refractivity contribution is 0.595. The summed E-state index contributed by atoms with van der Waals surface area (Å²) in [5, 5.41) is 0. The van der Waals surface area contributed by atoms with E-state index in [2.05, 4.69) is 48.7 Å². The zero-order valence-electron chi connectivity index (χ0n) is 13.5. The van der Waals surface area contributed by atoms with Gasteiger partial charge in [0.15, 0.2) is 0 Å². The van der Waals surface area contributed by atoms with Crippen LogP contribution in [0.25, 0.3) is 11.0 Å². The third-order valence-corrected chi connectivity index (χ3v) is 4.14. The van der Waals surface area contributed by atoms with Gasteiger partial charge in [0.05, 0.1) is 11.0 Å². The Bertz CT molecular complexity index is 831. The maximum absolute atomic E-state index is 5.67. The van der Waals surface area contributed by atoms with Crippen molar-refractivity contribution in [2.24, 2.45) is 11.7 Å². The molecule has 0 bridgehead atoms. The lowest BCUT2D eigenvalue weighted by Crippen LogP contribution is -2.10. The summed E-state index contributed by atoms with van der Waals surface area (Å²) in [6.07, 6.45) is 0.972. The standard InChI is InChI=1S/C19H21N3S/c1-13(2)11-18-21-16-5-3-4-6-17(16)22(18)12-14-7-9-15(10-8-14)19(20)23/h3-10,13H,11-12H2,1-2H3,(H2,20,23). The largest absolute Gasteiger partial charge is 0.389 e. The summed E-state index contributed by atoms with van der Waals surface area (Å²) in [5.41, 5.74) is 10.0. The smallest absolute Gasteiger partial charge is 0.110 e. The summed E-state index contributed by atoms with van der Waals surface area (Å²) in [6.45, 7) is 5.25. The molecule has 0 aliphatic heterocycles. The van der Waals surface area contributed by atoms with Crippen LogP contribution in [0.15, 0.2) is 48.5 Å². The van der Waals surface area contributed by atoms with Crippen LogP contribution in [0.2, 0.25) is 0 Å². The molecule has 0 spiro atoms. The Morgan fingerprint density at radius 1 is 1.13 bits per heavy atom. The van der Waals surface area contributed by atoms with E-state index in [4.69, 9.17) is 22.9 Å². The van der Waals surface area contributed by atoms with E-state index in [1.54, 1.807) is 0 Å². The van der Waals surface area contributed by atoms with Crippen LogP contribution >= 0.6 is 12.2 Å². The van der Waals surface area contributed by atoms with Crippen molar-refractivity contribution in [2.45, 2.75) is 26.8 Å². The Hall–Kier alpha value is -2.20. The van der Waals surface area contributed by atoms with Gasteiger partial charge in [-0.05, 0) is 23.6 Å². The van der Waals surface area contributed by atoms with Crippen LogP contribution in [0.1, 0.15) is 30.8 Å². The van der Waals surface area contributed by atoms with Gasteiger partial charge in [-0.25, -0.2) is 4.98 Å². The first kappa shape index (κ1) is 15.7. The molecule has 0 saturated heterocycles. The van der Waals surface area contributed by atoms with Gasteiger partial charge in [-0.15, -0.1) is 0 Å². The molecule has 0 aliphatic rings. The van der Waals surface area contributed by atoms with Crippen LogP contribution < -0.4 is 5.73 Å². The molecular formula is C19H21N3S. The van der Waals surface area contributed by atoms with Gasteiger partial charge in [0.25, 0.3) is 0 Å². The quantitative estimate of drug-likeness (QED) is 0.724. The highest BCUT2D eigenvalue weighted by molar-refractivity contribution is 7.80. The highest BCUT2D eigenvalue weighted by Gasteiger charge is 2.12. The number of rotatable bonds is 5. The molecule has 1 heterocycles. The minimum atomic E-state index is 0.435. The van der Waals surface area contributed by atoms with Crippen LogP contribution in [-0.4, -0.2) is 14.5 Å². The van der Waals surface area contributed by atoms with Crippen molar-refractivity contribution in [2.75, 3.05) is 0 Å². The number of imidazole rings is 1. The predicted octanol–water partition coefficient (Wildman–Crippen LogP) is 3.92. The lowest BCUT2D eigenvalue weighted by Gasteiger charge is -2.11. The molecule has 2 N–H and O–H groups in total. The second kappa shape index (κ2) is 6.50. The molecule has 3 rings (SSSR count). The zero-order valence-corrected chi connectivity index (χ0v) is 14.3. The summed E-state index contributed by atoms with van der Waals surface area (Å²) < 4.78 is 2.31. The Morgan fingerprint density at radius 2 is 1.83 bits per heavy atom. The minimum Gasteiger partial charge on any atom is -0.389 e. The molecular weight excluding hydrogens is 302 g/mol. The number of thiocarbonyl (C=S) groups is 1. The topological polar surface area (TPSA) is 43.8 Å². The van der Waals surface area contributed by atoms with Gasteiger partial charge in [-0.1, -0.05) is 62.5 Å². The number of para-hydroxylation sites is 2. The van der Waals surface area contributed by atoms with E-state index < -0.39 is 0 Å². The second-order valence-corrected chi connectivity index (χ2v) is 6.70. The van der Waals surface area contributed by atoms with Gasteiger partial charge in [-0.3, -0.25) is 0 Å². The summed E-state index contributed by atoms with van der Waals surface area (Å²) in [4.78, 5) is 5.25. The highest BCUT2D eigenvalue weighted by atomic mass is 32.1. The average Bonchev–Trinajstić information content (AvgIpc) is 2.85. The number of benzene rings is 2. The molecule has 1 aromatic heterocycles. The number of fused-ring (bicyclic) bond motifs is 1. The molecule has 0 amide bonds. The van der Waals surface area contributed by atoms with Crippen molar-refractivity contribution >= 4 is 28.2 Å².